The molecule has 59 heavy (non-hydrogen) atoms. The highest BCUT2D eigenvalue weighted by atomic mass is 35.5. The number of ether oxygens (including phenoxy) is 4. The third-order valence-electron chi connectivity index (χ3n) is 9.72. The Balaban J connectivity index is 0.000000195. The van der Waals surface area contributed by atoms with Crippen molar-refractivity contribution in [3.63, 3.8) is 0 Å². The minimum Gasteiger partial charge on any atom is -0.481 e. The summed E-state index contributed by atoms with van der Waals surface area (Å²) in [6.07, 6.45) is 5.26. The van der Waals surface area contributed by atoms with Crippen LogP contribution in [0.5, 0.6) is 11.8 Å². The molecule has 2 aromatic carbocycles. The van der Waals surface area contributed by atoms with E-state index in [1.807, 2.05) is 0 Å². The number of nitrogens with zero attached hydrogens (tertiary/aromatic N) is 2. The molecule has 2 fully saturated rings. The molecule has 308 valence electrons. The Hall–Kier alpha value is -5.80. The average Bonchev–Trinajstić information content (AvgIpc) is 3.17. The summed E-state index contributed by atoms with van der Waals surface area (Å²) in [5, 5.41) is 19.3. The van der Waals surface area contributed by atoms with Crippen molar-refractivity contribution >= 4 is 57.1 Å². The number of halogens is 2. The van der Waals surface area contributed by atoms with Crippen LogP contribution in [0.1, 0.15) is 33.1 Å². The van der Waals surface area contributed by atoms with Crippen molar-refractivity contribution in [2.75, 3.05) is 26.4 Å². The number of hydrogen-bond acceptors (Lipinski definition) is 12. The van der Waals surface area contributed by atoms with E-state index in [0.717, 1.165) is 0 Å². The normalized spacial score (nSPS) is 18.1. The lowest BCUT2D eigenvalue weighted by Crippen LogP contribution is -2.37. The van der Waals surface area contributed by atoms with E-state index in [1.54, 1.807) is 73.1 Å². The maximum Gasteiger partial charge on any atom is 0.306 e. The molecular weight excluding hydrogens is 807 g/mol. The number of carboxylic acids is 2. The molecule has 6 aromatic rings. The van der Waals surface area contributed by atoms with Gasteiger partial charge in [0.05, 0.1) is 58.1 Å². The highest BCUT2D eigenvalue weighted by Gasteiger charge is 2.35. The second kappa shape index (κ2) is 19.3. The van der Waals surface area contributed by atoms with Gasteiger partial charge in [0.2, 0.25) is 11.8 Å². The summed E-state index contributed by atoms with van der Waals surface area (Å²) in [6, 6.07) is 19.7. The molecule has 4 aromatic heterocycles. The zero-order valence-corrected chi connectivity index (χ0v) is 32.2. The van der Waals surface area contributed by atoms with Crippen molar-refractivity contribution in [3.05, 3.63) is 116 Å². The zero-order valence-electron chi connectivity index (χ0n) is 30.7. The van der Waals surface area contributed by atoms with Crippen LogP contribution in [0, 0.1) is 11.8 Å². The molecule has 0 atom stereocenters. The lowest BCUT2D eigenvalue weighted by atomic mass is 9.82. The van der Waals surface area contributed by atoms with Crippen LogP contribution in [0.4, 0.5) is 0 Å². The fourth-order valence-electron chi connectivity index (χ4n) is 6.32. The number of para-hydroxylation sites is 2. The van der Waals surface area contributed by atoms with Gasteiger partial charge >= 0.3 is 11.9 Å². The van der Waals surface area contributed by atoms with Crippen molar-refractivity contribution in [1.82, 2.24) is 9.97 Å². The van der Waals surface area contributed by atoms with E-state index in [1.165, 1.54) is 12.1 Å². The first-order valence-corrected chi connectivity index (χ1v) is 19.1. The molecule has 2 N–H and O–H groups in total. The van der Waals surface area contributed by atoms with Crippen LogP contribution in [-0.4, -0.2) is 70.8 Å². The van der Waals surface area contributed by atoms with Gasteiger partial charge in [0.25, 0.3) is 0 Å². The fourth-order valence-corrected chi connectivity index (χ4v) is 6.75. The summed E-state index contributed by atoms with van der Waals surface area (Å²) in [4.78, 5) is 54.5. The van der Waals surface area contributed by atoms with Crippen molar-refractivity contribution in [3.8, 4) is 34.4 Å². The first-order valence-electron chi connectivity index (χ1n) is 18.3. The largest absolute Gasteiger partial charge is 0.481 e. The van der Waals surface area contributed by atoms with Crippen LogP contribution < -0.4 is 20.3 Å². The molecule has 4 heterocycles. The number of aliphatic carboxylic acids is 2. The van der Waals surface area contributed by atoms with Crippen molar-refractivity contribution in [2.45, 2.75) is 45.3 Å². The van der Waals surface area contributed by atoms with Gasteiger partial charge < -0.3 is 38.0 Å². The number of aromatic nitrogens is 2. The SMILES string of the molecule is C.O=C(O)C1CC(OCCOc2ccc(-c3cc(=O)c4cccc(Cl)c4o3)cn2)C1.O=C(O)C1CC(OCCOc2ccc(-c3cc(=O)c4cccc(Cl)c4o3)cn2)C1. The predicted octanol–water partition coefficient (Wildman–Crippen LogP) is 8.17. The number of carboxylic acid groups (broad SMARTS) is 2. The Kier molecular flexibility index (Phi) is 14.0. The number of hydrogen-bond donors (Lipinski definition) is 2. The molecule has 2 aliphatic carbocycles. The zero-order chi connectivity index (χ0) is 40.8. The third kappa shape index (κ3) is 10.4. The number of benzene rings is 2. The van der Waals surface area contributed by atoms with Crippen molar-refractivity contribution < 1.29 is 47.6 Å². The Morgan fingerprint density at radius 3 is 1.39 bits per heavy atom. The van der Waals surface area contributed by atoms with Crippen LogP contribution in [-0.2, 0) is 19.1 Å². The third-order valence-corrected chi connectivity index (χ3v) is 10.3. The molecule has 0 aliphatic heterocycles. The van der Waals surface area contributed by atoms with Crippen LogP contribution in [0.25, 0.3) is 44.6 Å². The summed E-state index contributed by atoms with van der Waals surface area (Å²) in [5.41, 5.74) is 1.58. The lowest BCUT2D eigenvalue weighted by molar-refractivity contribution is -0.152. The quantitative estimate of drug-likeness (QED) is 0.0995. The highest BCUT2D eigenvalue weighted by Crippen LogP contribution is 2.32. The monoisotopic (exact) mass is 846 g/mol. The lowest BCUT2D eigenvalue weighted by Gasteiger charge is -2.31. The average molecular weight is 848 g/mol. The van der Waals surface area contributed by atoms with Gasteiger partial charge in [-0.2, -0.15) is 0 Å². The molecule has 0 radical (unpaired) electrons. The van der Waals surface area contributed by atoms with E-state index in [4.69, 9.17) is 61.2 Å². The second-order valence-corrected chi connectivity index (χ2v) is 14.5. The van der Waals surface area contributed by atoms with Gasteiger partial charge in [-0.3, -0.25) is 19.2 Å². The standard InChI is InChI=1S/2C21H18ClNO6.CH4/c2*22-16-3-1-2-15-17(24)10-18(29-20(15)16)12-4-5-19(23-11-12)28-7-6-27-14-8-13(9-14)21(25)26;/h2*1-5,10-11,13-14H,6-9H2,(H,25,26);1H4. The summed E-state index contributed by atoms with van der Waals surface area (Å²) < 4.78 is 33.8. The van der Waals surface area contributed by atoms with Gasteiger partial charge in [-0.05, 0) is 62.1 Å². The predicted molar refractivity (Wildman–Crippen MR) is 219 cm³/mol. The smallest absolute Gasteiger partial charge is 0.306 e. The van der Waals surface area contributed by atoms with Crippen LogP contribution >= 0.6 is 23.2 Å². The van der Waals surface area contributed by atoms with Gasteiger partial charge in [-0.15, -0.1) is 0 Å². The Morgan fingerprint density at radius 1 is 0.627 bits per heavy atom. The summed E-state index contributed by atoms with van der Waals surface area (Å²) >= 11 is 12.3. The van der Waals surface area contributed by atoms with E-state index < -0.39 is 11.9 Å². The van der Waals surface area contributed by atoms with Crippen molar-refractivity contribution in [2.24, 2.45) is 11.8 Å². The molecule has 0 bridgehead atoms. The van der Waals surface area contributed by atoms with E-state index in [9.17, 15) is 19.2 Å². The first-order chi connectivity index (χ1) is 28.0. The molecular formula is C43H40Cl2N2O12. The van der Waals surface area contributed by atoms with E-state index in [2.05, 4.69) is 9.97 Å². The first kappa shape index (κ1) is 42.8. The van der Waals surface area contributed by atoms with Gasteiger partial charge in [0.1, 0.15) is 24.7 Å². The van der Waals surface area contributed by atoms with E-state index in [0.29, 0.717) is 119 Å². The highest BCUT2D eigenvalue weighted by molar-refractivity contribution is 6.35. The Bertz CT molecular complexity index is 2350. The minimum absolute atomic E-state index is 0. The number of rotatable bonds is 14. The summed E-state index contributed by atoms with van der Waals surface area (Å²) in [6.45, 7) is 1.33. The van der Waals surface area contributed by atoms with Gasteiger partial charge in [0.15, 0.2) is 22.0 Å². The summed E-state index contributed by atoms with van der Waals surface area (Å²) in [7, 11) is 0. The van der Waals surface area contributed by atoms with E-state index in [-0.39, 0.29) is 42.3 Å². The molecule has 2 aliphatic rings. The molecule has 8 rings (SSSR count). The minimum atomic E-state index is -0.769. The number of pyridine rings is 2. The Labute approximate surface area is 347 Å². The molecule has 0 amide bonds. The maximum absolute atomic E-state index is 12.3. The molecule has 16 heteroatoms. The van der Waals surface area contributed by atoms with Gasteiger partial charge in [-0.1, -0.05) is 42.8 Å². The van der Waals surface area contributed by atoms with E-state index >= 15 is 0 Å². The number of carbonyl (C=O) groups is 2. The number of fused-ring (bicyclic) bond motifs is 2. The van der Waals surface area contributed by atoms with Crippen molar-refractivity contribution in [1.29, 1.82) is 0 Å². The molecule has 0 unspecified atom stereocenters. The summed E-state index contributed by atoms with van der Waals surface area (Å²) in [5.74, 6) is -0.553. The molecule has 0 saturated heterocycles. The van der Waals surface area contributed by atoms with Crippen LogP contribution in [0.3, 0.4) is 0 Å². The van der Waals surface area contributed by atoms with Crippen LogP contribution in [0.2, 0.25) is 10.0 Å². The molecule has 2 saturated carbocycles. The maximum atomic E-state index is 12.3. The second-order valence-electron chi connectivity index (χ2n) is 13.6. The fraction of sp³-hybridized carbons (Fsp3) is 0.302. The molecule has 0 spiro atoms. The molecule has 14 nitrogen and oxygen atoms in total. The van der Waals surface area contributed by atoms with Gasteiger partial charge in [-0.25, -0.2) is 9.97 Å². The van der Waals surface area contributed by atoms with Gasteiger partial charge in [0, 0.05) is 47.8 Å². The topological polar surface area (TPSA) is 198 Å². The Morgan fingerprint density at radius 2 is 1.03 bits per heavy atom. The van der Waals surface area contributed by atoms with Crippen LogP contribution in [0.15, 0.2) is 104 Å².